The molecule has 0 aliphatic rings. The van der Waals surface area contributed by atoms with Crippen LogP contribution in [0.5, 0.6) is 0 Å². The zero-order valence-corrected chi connectivity index (χ0v) is 10.5. The summed E-state index contributed by atoms with van der Waals surface area (Å²) in [7, 11) is 0. The maximum absolute atomic E-state index is 11.5. The standard InChI is InChI=1S/C12H11BrN2O/c1-9(13)8-15(10(2)16)12-5-3-4-11(6-12)7-14/h3-6H,1,8H2,2H3. The zero-order chi connectivity index (χ0) is 12.1. The zero-order valence-electron chi connectivity index (χ0n) is 8.90. The number of nitriles is 1. The highest BCUT2D eigenvalue weighted by Crippen LogP contribution is 2.18. The lowest BCUT2D eigenvalue weighted by molar-refractivity contribution is -0.116. The predicted molar refractivity (Wildman–Crippen MR) is 67.3 cm³/mol. The number of carbonyl (C=O) groups is 1. The summed E-state index contributed by atoms with van der Waals surface area (Å²) in [6, 6.07) is 8.96. The minimum absolute atomic E-state index is 0.0873. The van der Waals surface area contributed by atoms with Crippen LogP contribution >= 0.6 is 15.9 Å². The largest absolute Gasteiger partial charge is 0.308 e. The molecule has 0 N–H and O–H groups in total. The van der Waals surface area contributed by atoms with Gasteiger partial charge in [-0.2, -0.15) is 5.26 Å². The summed E-state index contributed by atoms with van der Waals surface area (Å²) >= 11 is 3.22. The van der Waals surface area contributed by atoms with Crippen LogP contribution in [0.2, 0.25) is 0 Å². The molecule has 0 aliphatic carbocycles. The Labute approximate surface area is 103 Å². The Morgan fingerprint density at radius 2 is 2.31 bits per heavy atom. The van der Waals surface area contributed by atoms with Crippen molar-refractivity contribution in [3.63, 3.8) is 0 Å². The summed E-state index contributed by atoms with van der Waals surface area (Å²) in [6.45, 7) is 5.58. The van der Waals surface area contributed by atoms with Crippen molar-refractivity contribution in [3.05, 3.63) is 40.9 Å². The normalized spacial score (nSPS) is 9.31. The smallest absolute Gasteiger partial charge is 0.224 e. The van der Waals surface area contributed by atoms with Gasteiger partial charge in [0.1, 0.15) is 0 Å². The van der Waals surface area contributed by atoms with Crippen molar-refractivity contribution in [2.24, 2.45) is 0 Å². The predicted octanol–water partition coefficient (Wildman–Crippen LogP) is 2.82. The number of halogens is 1. The van der Waals surface area contributed by atoms with Crippen molar-refractivity contribution >= 4 is 27.5 Å². The van der Waals surface area contributed by atoms with Crippen LogP contribution in [0.4, 0.5) is 5.69 Å². The molecule has 0 atom stereocenters. The first-order valence-corrected chi connectivity index (χ1v) is 5.45. The van der Waals surface area contributed by atoms with Crippen molar-refractivity contribution in [3.8, 4) is 6.07 Å². The molecular weight excluding hydrogens is 268 g/mol. The number of anilines is 1. The van der Waals surface area contributed by atoms with Gasteiger partial charge in [0.05, 0.1) is 18.2 Å². The summed E-state index contributed by atoms with van der Waals surface area (Å²) in [4.78, 5) is 13.0. The molecule has 1 aromatic carbocycles. The third-order valence-electron chi connectivity index (χ3n) is 2.00. The maximum Gasteiger partial charge on any atom is 0.224 e. The fourth-order valence-electron chi connectivity index (χ4n) is 1.30. The first-order valence-electron chi connectivity index (χ1n) is 4.66. The monoisotopic (exact) mass is 278 g/mol. The Kier molecular flexibility index (Phi) is 4.27. The van der Waals surface area contributed by atoms with Gasteiger partial charge in [-0.25, -0.2) is 0 Å². The van der Waals surface area contributed by atoms with Gasteiger partial charge in [0, 0.05) is 17.1 Å². The van der Waals surface area contributed by atoms with E-state index < -0.39 is 0 Å². The van der Waals surface area contributed by atoms with Gasteiger partial charge in [0.15, 0.2) is 0 Å². The molecular formula is C12H11BrN2O. The van der Waals surface area contributed by atoms with Gasteiger partial charge in [0.2, 0.25) is 5.91 Å². The second-order valence-corrected chi connectivity index (χ2v) is 4.41. The first kappa shape index (κ1) is 12.5. The van der Waals surface area contributed by atoms with Gasteiger partial charge >= 0.3 is 0 Å². The van der Waals surface area contributed by atoms with Gasteiger partial charge in [-0.1, -0.05) is 28.6 Å². The van der Waals surface area contributed by atoms with Gasteiger partial charge in [-0.3, -0.25) is 4.79 Å². The lowest BCUT2D eigenvalue weighted by Gasteiger charge is -2.20. The third-order valence-corrected chi connectivity index (χ3v) is 2.25. The third kappa shape index (κ3) is 3.21. The highest BCUT2D eigenvalue weighted by Gasteiger charge is 2.11. The van der Waals surface area contributed by atoms with E-state index in [4.69, 9.17) is 5.26 Å². The molecule has 1 rings (SSSR count). The van der Waals surface area contributed by atoms with E-state index in [2.05, 4.69) is 22.5 Å². The quantitative estimate of drug-likeness (QED) is 0.854. The highest BCUT2D eigenvalue weighted by atomic mass is 79.9. The molecule has 0 fully saturated rings. The molecule has 0 spiro atoms. The topological polar surface area (TPSA) is 44.1 Å². The number of nitrogens with zero attached hydrogens (tertiary/aromatic N) is 2. The van der Waals surface area contributed by atoms with Crippen LogP contribution in [0.25, 0.3) is 0 Å². The Hall–Kier alpha value is -1.60. The number of carbonyl (C=O) groups excluding carboxylic acids is 1. The van der Waals surface area contributed by atoms with E-state index in [0.717, 1.165) is 0 Å². The van der Waals surface area contributed by atoms with Gasteiger partial charge in [-0.15, -0.1) is 0 Å². The molecule has 0 heterocycles. The number of benzene rings is 1. The Bertz CT molecular complexity index is 462. The maximum atomic E-state index is 11.5. The number of hydrogen-bond acceptors (Lipinski definition) is 2. The van der Waals surface area contributed by atoms with E-state index in [1.807, 2.05) is 6.07 Å². The lowest BCUT2D eigenvalue weighted by Crippen LogP contribution is -2.29. The van der Waals surface area contributed by atoms with Gasteiger partial charge < -0.3 is 4.90 Å². The van der Waals surface area contributed by atoms with E-state index in [-0.39, 0.29) is 5.91 Å². The summed E-state index contributed by atoms with van der Waals surface area (Å²) in [5.41, 5.74) is 1.23. The fourth-order valence-corrected chi connectivity index (χ4v) is 1.55. The average Bonchev–Trinajstić information content (AvgIpc) is 2.25. The molecule has 0 aliphatic heterocycles. The Morgan fingerprint density at radius 1 is 1.62 bits per heavy atom. The van der Waals surface area contributed by atoms with Crippen LogP contribution in [-0.4, -0.2) is 12.5 Å². The second-order valence-electron chi connectivity index (χ2n) is 3.28. The van der Waals surface area contributed by atoms with Crippen LogP contribution in [0.15, 0.2) is 35.3 Å². The molecule has 4 heteroatoms. The number of amides is 1. The summed E-state index contributed by atoms with van der Waals surface area (Å²) in [5.74, 6) is -0.0873. The van der Waals surface area contributed by atoms with Crippen LogP contribution in [-0.2, 0) is 4.79 Å². The van der Waals surface area contributed by atoms with Crippen LogP contribution in [0.3, 0.4) is 0 Å². The number of hydrogen-bond donors (Lipinski definition) is 0. The van der Waals surface area contributed by atoms with E-state index >= 15 is 0 Å². The van der Waals surface area contributed by atoms with Crippen molar-refractivity contribution < 1.29 is 4.79 Å². The molecule has 0 bridgehead atoms. The van der Waals surface area contributed by atoms with Crippen LogP contribution in [0, 0.1) is 11.3 Å². The molecule has 1 aromatic rings. The molecule has 0 unspecified atom stereocenters. The molecule has 0 aromatic heterocycles. The Morgan fingerprint density at radius 3 is 2.81 bits per heavy atom. The van der Waals surface area contributed by atoms with Crippen LogP contribution < -0.4 is 4.90 Å². The van der Waals surface area contributed by atoms with Crippen molar-refractivity contribution in [1.82, 2.24) is 0 Å². The summed E-state index contributed by atoms with van der Waals surface area (Å²) in [6.07, 6.45) is 0. The number of rotatable bonds is 3. The van der Waals surface area contributed by atoms with E-state index in [0.29, 0.717) is 22.3 Å². The van der Waals surface area contributed by atoms with E-state index in [9.17, 15) is 4.79 Å². The van der Waals surface area contributed by atoms with Crippen LogP contribution in [0.1, 0.15) is 12.5 Å². The molecule has 82 valence electrons. The Balaban J connectivity index is 3.06. The highest BCUT2D eigenvalue weighted by molar-refractivity contribution is 9.11. The van der Waals surface area contributed by atoms with Crippen molar-refractivity contribution in [2.45, 2.75) is 6.92 Å². The molecule has 0 saturated heterocycles. The summed E-state index contributed by atoms with van der Waals surface area (Å²) < 4.78 is 0.713. The molecule has 3 nitrogen and oxygen atoms in total. The molecule has 0 saturated carbocycles. The van der Waals surface area contributed by atoms with Gasteiger partial charge in [0.25, 0.3) is 0 Å². The average molecular weight is 279 g/mol. The molecule has 16 heavy (non-hydrogen) atoms. The second kappa shape index (κ2) is 5.47. The van der Waals surface area contributed by atoms with Crippen molar-refractivity contribution in [2.75, 3.05) is 11.4 Å². The lowest BCUT2D eigenvalue weighted by atomic mass is 10.2. The van der Waals surface area contributed by atoms with Gasteiger partial charge in [-0.05, 0) is 18.2 Å². The van der Waals surface area contributed by atoms with E-state index in [1.165, 1.54) is 6.92 Å². The fraction of sp³-hybridized carbons (Fsp3) is 0.167. The first-order chi connectivity index (χ1) is 7.54. The van der Waals surface area contributed by atoms with E-state index in [1.54, 1.807) is 29.2 Å². The van der Waals surface area contributed by atoms with Crippen molar-refractivity contribution in [1.29, 1.82) is 5.26 Å². The molecule has 0 radical (unpaired) electrons. The molecule has 1 amide bonds. The minimum Gasteiger partial charge on any atom is -0.308 e. The SMILES string of the molecule is C=C(Br)CN(C(C)=O)c1cccc(C#N)c1. The summed E-state index contributed by atoms with van der Waals surface area (Å²) in [5, 5.41) is 8.78. The minimum atomic E-state index is -0.0873.